The van der Waals surface area contributed by atoms with Crippen molar-refractivity contribution in [2.45, 2.75) is 62.8 Å². The lowest BCUT2D eigenvalue weighted by Crippen LogP contribution is -2.51. The number of amides is 1. The molecule has 1 N–H and O–H groups in total. The van der Waals surface area contributed by atoms with Crippen LogP contribution in [0.1, 0.15) is 44.6 Å². The van der Waals surface area contributed by atoms with E-state index in [0.29, 0.717) is 0 Å². The molecule has 132 valence electrons. The Balaban J connectivity index is 1.82. The summed E-state index contributed by atoms with van der Waals surface area (Å²) in [5.74, 6) is -0.106. The highest BCUT2D eigenvalue weighted by molar-refractivity contribution is 8.00. The largest absolute Gasteiger partial charge is 0.337 e. The molecule has 0 aliphatic heterocycles. The monoisotopic (exact) mass is 374 g/mol. The zero-order valence-corrected chi connectivity index (χ0v) is 16.6. The minimum atomic E-state index is -0.865. The predicted octanol–water partition coefficient (Wildman–Crippen LogP) is 3.72. The van der Waals surface area contributed by atoms with Gasteiger partial charge in [-0.25, -0.2) is 9.97 Å². The number of aromatic nitrogens is 2. The predicted molar refractivity (Wildman–Crippen MR) is 102 cm³/mol. The molecule has 2 atom stereocenters. The lowest BCUT2D eigenvalue weighted by Gasteiger charge is -2.28. The van der Waals surface area contributed by atoms with Crippen LogP contribution in [0.5, 0.6) is 0 Å². The summed E-state index contributed by atoms with van der Waals surface area (Å²) in [5, 5.41) is 14.0. The van der Waals surface area contributed by atoms with Crippen molar-refractivity contribution in [3.8, 4) is 6.07 Å². The molecule has 7 heteroatoms. The number of thiophene rings is 1. The van der Waals surface area contributed by atoms with E-state index in [2.05, 4.69) is 21.4 Å². The van der Waals surface area contributed by atoms with Gasteiger partial charge in [0.1, 0.15) is 21.7 Å². The van der Waals surface area contributed by atoms with E-state index in [4.69, 9.17) is 0 Å². The molecular weight excluding hydrogens is 352 g/mol. The summed E-state index contributed by atoms with van der Waals surface area (Å²) >= 11 is 3.19. The number of carbonyl (C=O) groups excluding carboxylic acids is 1. The van der Waals surface area contributed by atoms with E-state index in [9.17, 15) is 10.1 Å². The summed E-state index contributed by atoms with van der Waals surface area (Å²) in [5.41, 5.74) is 0.496. The van der Waals surface area contributed by atoms with Crippen molar-refractivity contribution in [1.82, 2.24) is 15.3 Å². The van der Waals surface area contributed by atoms with Crippen molar-refractivity contribution in [3.05, 3.63) is 16.8 Å². The Labute approximate surface area is 156 Å². The topological polar surface area (TPSA) is 78.7 Å². The van der Waals surface area contributed by atoms with Crippen LogP contribution in [0.2, 0.25) is 0 Å². The van der Waals surface area contributed by atoms with E-state index >= 15 is 0 Å². The molecule has 0 unspecified atom stereocenters. The number of nitrogens with zero attached hydrogens (tertiary/aromatic N) is 3. The van der Waals surface area contributed by atoms with Gasteiger partial charge in [-0.3, -0.25) is 4.79 Å². The van der Waals surface area contributed by atoms with Gasteiger partial charge < -0.3 is 5.32 Å². The van der Waals surface area contributed by atoms with Gasteiger partial charge in [0.15, 0.2) is 0 Å². The molecule has 2 aromatic rings. The van der Waals surface area contributed by atoms with Crippen LogP contribution in [0.25, 0.3) is 10.2 Å². The summed E-state index contributed by atoms with van der Waals surface area (Å²) < 4.78 is 0. The fraction of sp³-hybridized carbons (Fsp3) is 0.556. The molecule has 0 saturated carbocycles. The van der Waals surface area contributed by atoms with Gasteiger partial charge in [-0.15, -0.1) is 11.3 Å². The smallest absolute Gasteiger partial charge is 0.234 e. The summed E-state index contributed by atoms with van der Waals surface area (Å²) in [6.45, 7) is 7.49. The van der Waals surface area contributed by atoms with Gasteiger partial charge in [0, 0.05) is 10.3 Å². The van der Waals surface area contributed by atoms with Gasteiger partial charge in [-0.2, -0.15) is 5.26 Å². The molecule has 0 aromatic carbocycles. The number of fused-ring (bicyclic) bond motifs is 3. The normalized spacial score (nSPS) is 17.1. The molecule has 1 amide bonds. The van der Waals surface area contributed by atoms with E-state index < -0.39 is 5.54 Å². The number of hydrogen-bond acceptors (Lipinski definition) is 6. The lowest BCUT2D eigenvalue weighted by molar-refractivity contribution is -0.121. The van der Waals surface area contributed by atoms with Crippen LogP contribution in [0, 0.1) is 17.2 Å². The fourth-order valence-corrected chi connectivity index (χ4v) is 5.11. The fourth-order valence-electron chi connectivity index (χ4n) is 2.87. The zero-order chi connectivity index (χ0) is 18.2. The molecule has 3 rings (SSSR count). The van der Waals surface area contributed by atoms with E-state index in [1.807, 2.05) is 20.8 Å². The zero-order valence-electron chi connectivity index (χ0n) is 14.9. The number of aryl methyl sites for hydroxylation is 2. The van der Waals surface area contributed by atoms with Gasteiger partial charge in [-0.05, 0) is 44.6 Å². The van der Waals surface area contributed by atoms with Crippen LogP contribution in [-0.4, -0.2) is 26.7 Å². The summed E-state index contributed by atoms with van der Waals surface area (Å²) in [4.78, 5) is 23.9. The second-order valence-corrected chi connectivity index (χ2v) is 9.35. The molecule has 5 nitrogen and oxygen atoms in total. The summed E-state index contributed by atoms with van der Waals surface area (Å²) in [6, 6.07) is 2.22. The number of nitrogens with one attached hydrogen (secondary N) is 1. The first-order chi connectivity index (χ1) is 11.9. The number of hydrogen-bond donors (Lipinski definition) is 1. The van der Waals surface area contributed by atoms with E-state index in [0.717, 1.165) is 28.1 Å². The van der Waals surface area contributed by atoms with Crippen LogP contribution in [0.4, 0.5) is 0 Å². The van der Waals surface area contributed by atoms with Gasteiger partial charge in [0.05, 0.1) is 11.3 Å². The maximum Gasteiger partial charge on any atom is 0.234 e. The number of nitriles is 1. The second-order valence-electron chi connectivity index (χ2n) is 6.93. The average Bonchev–Trinajstić information content (AvgIpc) is 3.15. The maximum atomic E-state index is 12.6. The molecular formula is C18H22N4OS2. The quantitative estimate of drug-likeness (QED) is 0.637. The number of carbonyl (C=O) groups is 1. The van der Waals surface area contributed by atoms with E-state index in [-0.39, 0.29) is 17.1 Å². The van der Waals surface area contributed by atoms with Crippen molar-refractivity contribution in [2.75, 3.05) is 0 Å². The molecule has 0 fully saturated rings. The van der Waals surface area contributed by atoms with E-state index in [1.165, 1.54) is 28.6 Å². The Hall–Kier alpha value is -1.65. The van der Waals surface area contributed by atoms with Crippen molar-refractivity contribution in [3.63, 3.8) is 0 Å². The molecule has 1 aliphatic carbocycles. The van der Waals surface area contributed by atoms with Crippen LogP contribution in [-0.2, 0) is 17.6 Å². The molecule has 1 aliphatic rings. The number of thioether (sulfide) groups is 1. The molecule has 0 bridgehead atoms. The SMILES string of the molecule is CC(C)[C@](C)(C#N)NC(=O)[C@@H](C)Sc1ncnc2sc3c(c12)CCC3. The third-order valence-corrected chi connectivity index (χ3v) is 7.19. The number of rotatable bonds is 5. The second kappa shape index (κ2) is 6.93. The van der Waals surface area contributed by atoms with Crippen molar-refractivity contribution < 1.29 is 4.79 Å². The van der Waals surface area contributed by atoms with Gasteiger partial charge >= 0.3 is 0 Å². The van der Waals surface area contributed by atoms with Crippen LogP contribution < -0.4 is 5.32 Å². The first-order valence-electron chi connectivity index (χ1n) is 8.51. The van der Waals surface area contributed by atoms with Crippen molar-refractivity contribution in [1.29, 1.82) is 5.26 Å². The molecule has 25 heavy (non-hydrogen) atoms. The Morgan fingerprint density at radius 2 is 2.16 bits per heavy atom. The van der Waals surface area contributed by atoms with E-state index in [1.54, 1.807) is 24.6 Å². The highest BCUT2D eigenvalue weighted by atomic mass is 32.2. The Bertz CT molecular complexity index is 855. The Morgan fingerprint density at radius 1 is 1.40 bits per heavy atom. The molecule has 0 radical (unpaired) electrons. The van der Waals surface area contributed by atoms with Crippen LogP contribution in [0.3, 0.4) is 0 Å². The standard InChI is InChI=1S/C18H22N4OS2/c1-10(2)18(4,8-19)22-15(23)11(3)24-16-14-12-6-5-7-13(12)25-17(14)21-9-20-16/h9-11H,5-7H2,1-4H3,(H,22,23)/t11-,18+/m1/s1. The molecule has 2 aromatic heterocycles. The summed E-state index contributed by atoms with van der Waals surface area (Å²) in [6.07, 6.45) is 4.94. The summed E-state index contributed by atoms with van der Waals surface area (Å²) in [7, 11) is 0. The minimum Gasteiger partial charge on any atom is -0.337 e. The van der Waals surface area contributed by atoms with Gasteiger partial charge in [-0.1, -0.05) is 25.6 Å². The lowest BCUT2D eigenvalue weighted by atomic mass is 9.90. The minimum absolute atomic E-state index is 0.0320. The average molecular weight is 375 g/mol. The van der Waals surface area contributed by atoms with Crippen LogP contribution in [0.15, 0.2) is 11.4 Å². The van der Waals surface area contributed by atoms with Gasteiger partial charge in [0.25, 0.3) is 0 Å². The first kappa shape index (κ1) is 18.2. The highest BCUT2D eigenvalue weighted by Gasteiger charge is 2.32. The van der Waals surface area contributed by atoms with Crippen molar-refractivity contribution >= 4 is 39.2 Å². The molecule has 2 heterocycles. The first-order valence-corrected chi connectivity index (χ1v) is 10.2. The van der Waals surface area contributed by atoms with Crippen molar-refractivity contribution in [2.24, 2.45) is 5.92 Å². The van der Waals surface area contributed by atoms with Crippen LogP contribution >= 0.6 is 23.1 Å². The Kier molecular flexibility index (Phi) is 5.03. The van der Waals surface area contributed by atoms with Gasteiger partial charge in [0.2, 0.25) is 5.91 Å². The highest BCUT2D eigenvalue weighted by Crippen LogP contribution is 2.40. The maximum absolute atomic E-state index is 12.6. The molecule has 0 spiro atoms. The molecule has 0 saturated heterocycles. The third kappa shape index (κ3) is 3.38. The Morgan fingerprint density at radius 3 is 2.84 bits per heavy atom. The third-order valence-electron chi connectivity index (χ3n) is 4.89.